The highest BCUT2D eigenvalue weighted by Gasteiger charge is 2.21. The van der Waals surface area contributed by atoms with Crippen LogP contribution in [0.15, 0.2) is 0 Å². The van der Waals surface area contributed by atoms with Crippen molar-refractivity contribution in [1.29, 1.82) is 0 Å². The minimum atomic E-state index is -3.25. The van der Waals surface area contributed by atoms with E-state index in [0.717, 1.165) is 38.1 Å². The van der Waals surface area contributed by atoms with Gasteiger partial charge in [-0.2, -0.15) is 4.98 Å². The van der Waals surface area contributed by atoms with Crippen molar-refractivity contribution in [3.05, 3.63) is 5.82 Å². The molecule has 108 valence electrons. The number of nitrogens with one attached hydrogen (secondary N) is 2. The van der Waals surface area contributed by atoms with Crippen molar-refractivity contribution in [1.82, 2.24) is 19.9 Å². The van der Waals surface area contributed by atoms with Gasteiger partial charge in [0, 0.05) is 13.1 Å². The van der Waals surface area contributed by atoms with Crippen molar-refractivity contribution in [2.45, 2.75) is 32.7 Å². The van der Waals surface area contributed by atoms with Gasteiger partial charge in [-0.3, -0.25) is 5.10 Å². The van der Waals surface area contributed by atoms with Crippen molar-refractivity contribution in [3.63, 3.8) is 0 Å². The van der Waals surface area contributed by atoms with Gasteiger partial charge in [0.1, 0.15) is 5.82 Å². The number of aromatic nitrogens is 3. The summed E-state index contributed by atoms with van der Waals surface area (Å²) >= 11 is 0. The van der Waals surface area contributed by atoms with Crippen LogP contribution in [0.2, 0.25) is 0 Å². The molecular weight excluding hydrogens is 266 g/mol. The lowest BCUT2D eigenvalue weighted by Gasteiger charge is -2.29. The molecule has 0 spiro atoms. The minimum Gasteiger partial charge on any atom is -0.340 e. The average Bonchev–Trinajstić information content (AvgIpc) is 2.77. The van der Waals surface area contributed by atoms with Gasteiger partial charge in [0.15, 0.2) is 0 Å². The van der Waals surface area contributed by atoms with E-state index < -0.39 is 16.1 Å². The van der Waals surface area contributed by atoms with Crippen LogP contribution in [-0.2, 0) is 10.0 Å². The van der Waals surface area contributed by atoms with Crippen LogP contribution in [-0.4, -0.2) is 42.9 Å². The van der Waals surface area contributed by atoms with Crippen LogP contribution in [0.1, 0.15) is 38.6 Å². The first-order valence-corrected chi connectivity index (χ1v) is 8.39. The number of hydrogen-bond acceptors (Lipinski definition) is 5. The third-order valence-electron chi connectivity index (χ3n) is 3.36. The molecule has 1 aliphatic heterocycles. The van der Waals surface area contributed by atoms with Crippen LogP contribution in [0.3, 0.4) is 0 Å². The maximum absolute atomic E-state index is 11.2. The molecule has 0 bridgehead atoms. The Kier molecular flexibility index (Phi) is 4.10. The number of aromatic amines is 1. The van der Waals surface area contributed by atoms with Gasteiger partial charge in [-0.1, -0.05) is 6.92 Å². The Labute approximate surface area is 113 Å². The Morgan fingerprint density at radius 3 is 2.63 bits per heavy atom. The Balaban J connectivity index is 2.02. The highest BCUT2D eigenvalue weighted by Crippen LogP contribution is 2.20. The summed E-state index contributed by atoms with van der Waals surface area (Å²) in [4.78, 5) is 6.51. The van der Waals surface area contributed by atoms with Crippen LogP contribution >= 0.6 is 0 Å². The lowest BCUT2D eigenvalue weighted by molar-refractivity contribution is 0.434. The fourth-order valence-electron chi connectivity index (χ4n) is 2.19. The monoisotopic (exact) mass is 287 g/mol. The van der Waals surface area contributed by atoms with E-state index >= 15 is 0 Å². The molecule has 1 saturated heterocycles. The van der Waals surface area contributed by atoms with Gasteiger partial charge in [-0.05, 0) is 25.7 Å². The van der Waals surface area contributed by atoms with Crippen LogP contribution in [0.5, 0.6) is 0 Å². The van der Waals surface area contributed by atoms with E-state index in [9.17, 15) is 8.42 Å². The molecule has 8 heteroatoms. The topological polar surface area (TPSA) is 91.0 Å². The van der Waals surface area contributed by atoms with E-state index in [2.05, 4.69) is 31.7 Å². The molecule has 19 heavy (non-hydrogen) atoms. The highest BCUT2D eigenvalue weighted by atomic mass is 32.2. The predicted octanol–water partition coefficient (Wildman–Crippen LogP) is 0.651. The maximum atomic E-state index is 11.2. The highest BCUT2D eigenvalue weighted by molar-refractivity contribution is 7.88. The van der Waals surface area contributed by atoms with Crippen molar-refractivity contribution in [2.24, 2.45) is 5.92 Å². The summed E-state index contributed by atoms with van der Waals surface area (Å²) < 4.78 is 24.8. The molecule has 0 radical (unpaired) electrons. The lowest BCUT2D eigenvalue weighted by atomic mass is 10.00. The number of anilines is 1. The second-order valence-electron chi connectivity index (χ2n) is 5.30. The van der Waals surface area contributed by atoms with Crippen LogP contribution in [0, 0.1) is 5.92 Å². The summed E-state index contributed by atoms with van der Waals surface area (Å²) in [5, 5.41) is 6.98. The third-order valence-corrected chi connectivity index (χ3v) is 4.14. The van der Waals surface area contributed by atoms with E-state index in [-0.39, 0.29) is 0 Å². The Bertz CT molecular complexity index is 519. The molecule has 7 nitrogen and oxygen atoms in total. The van der Waals surface area contributed by atoms with Crippen molar-refractivity contribution < 1.29 is 8.42 Å². The first kappa shape index (κ1) is 14.3. The molecule has 0 aliphatic carbocycles. The number of rotatable bonds is 4. The molecule has 2 rings (SSSR count). The van der Waals surface area contributed by atoms with Crippen molar-refractivity contribution in [3.8, 4) is 0 Å². The minimum absolute atomic E-state index is 0.403. The molecular formula is C11H21N5O2S. The summed E-state index contributed by atoms with van der Waals surface area (Å²) in [5.41, 5.74) is 0. The van der Waals surface area contributed by atoms with E-state index in [1.807, 2.05) is 0 Å². The van der Waals surface area contributed by atoms with Gasteiger partial charge < -0.3 is 4.90 Å². The van der Waals surface area contributed by atoms with E-state index in [1.54, 1.807) is 6.92 Å². The zero-order valence-corrected chi connectivity index (χ0v) is 12.4. The zero-order valence-electron chi connectivity index (χ0n) is 11.5. The van der Waals surface area contributed by atoms with Crippen molar-refractivity contribution in [2.75, 3.05) is 24.2 Å². The quantitative estimate of drug-likeness (QED) is 0.848. The molecule has 1 aromatic heterocycles. The summed E-state index contributed by atoms with van der Waals surface area (Å²) in [6.45, 7) is 5.89. The zero-order chi connectivity index (χ0) is 14.0. The molecule has 1 unspecified atom stereocenters. The maximum Gasteiger partial charge on any atom is 0.244 e. The Hall–Kier alpha value is -1.15. The van der Waals surface area contributed by atoms with E-state index in [1.165, 1.54) is 0 Å². The number of sulfonamides is 1. The van der Waals surface area contributed by atoms with Gasteiger partial charge in [-0.15, -0.1) is 5.10 Å². The fourth-order valence-corrected chi connectivity index (χ4v) is 2.94. The molecule has 1 atom stereocenters. The van der Waals surface area contributed by atoms with E-state index in [4.69, 9.17) is 0 Å². The largest absolute Gasteiger partial charge is 0.340 e. The molecule has 1 aliphatic rings. The predicted molar refractivity (Wildman–Crippen MR) is 73.4 cm³/mol. The third kappa shape index (κ3) is 3.90. The Morgan fingerprint density at radius 2 is 2.05 bits per heavy atom. The van der Waals surface area contributed by atoms with Gasteiger partial charge in [0.2, 0.25) is 16.0 Å². The summed E-state index contributed by atoms with van der Waals surface area (Å²) in [6.07, 6.45) is 3.41. The molecule has 1 fully saturated rings. The van der Waals surface area contributed by atoms with Gasteiger partial charge >= 0.3 is 0 Å². The number of hydrogen-bond donors (Lipinski definition) is 2. The fraction of sp³-hybridized carbons (Fsp3) is 0.818. The molecule has 0 amide bonds. The number of nitrogens with zero attached hydrogens (tertiary/aromatic N) is 3. The summed E-state index contributed by atoms with van der Waals surface area (Å²) in [6, 6.07) is -0.403. The van der Waals surface area contributed by atoms with Gasteiger partial charge in [0.25, 0.3) is 0 Å². The van der Waals surface area contributed by atoms with Crippen LogP contribution in [0.4, 0.5) is 5.95 Å². The number of H-pyrrole nitrogens is 1. The van der Waals surface area contributed by atoms with Gasteiger partial charge in [-0.25, -0.2) is 13.1 Å². The molecule has 2 heterocycles. The average molecular weight is 287 g/mol. The Morgan fingerprint density at radius 1 is 1.42 bits per heavy atom. The standard InChI is InChI=1S/C11H21N5O2S/c1-8-4-6-16(7-5-8)11-12-10(13-14-11)9(2)15-19(3,17)18/h8-9,15H,4-7H2,1-3H3,(H,12,13,14). The molecule has 0 aromatic carbocycles. The first-order chi connectivity index (χ1) is 8.85. The van der Waals surface area contributed by atoms with Crippen LogP contribution < -0.4 is 9.62 Å². The van der Waals surface area contributed by atoms with Gasteiger partial charge in [0.05, 0.1) is 12.3 Å². The second-order valence-corrected chi connectivity index (χ2v) is 7.08. The normalized spacial score (nSPS) is 19.6. The van der Waals surface area contributed by atoms with Crippen molar-refractivity contribution >= 4 is 16.0 Å². The molecule has 1 aromatic rings. The second kappa shape index (κ2) is 5.46. The molecule has 2 N–H and O–H groups in total. The number of piperidine rings is 1. The molecule has 0 saturated carbocycles. The lowest BCUT2D eigenvalue weighted by Crippen LogP contribution is -2.33. The van der Waals surface area contributed by atoms with E-state index in [0.29, 0.717) is 11.8 Å². The first-order valence-electron chi connectivity index (χ1n) is 6.49. The SMILES string of the molecule is CC1CCN(c2n[nH]c(C(C)NS(C)(=O)=O)n2)CC1. The smallest absolute Gasteiger partial charge is 0.244 e. The van der Waals surface area contributed by atoms with Crippen LogP contribution in [0.25, 0.3) is 0 Å². The summed E-state index contributed by atoms with van der Waals surface area (Å²) in [7, 11) is -3.25. The summed E-state index contributed by atoms with van der Waals surface area (Å²) in [5.74, 6) is 1.95.